The Morgan fingerprint density at radius 3 is 3.05 bits per heavy atom. The summed E-state index contributed by atoms with van der Waals surface area (Å²) in [7, 11) is -1.39. The van der Waals surface area contributed by atoms with E-state index >= 15 is 0 Å². The van der Waals surface area contributed by atoms with Crippen LogP contribution in [0.2, 0.25) is 0 Å². The molecular weight excluding hydrogens is 284 g/mol. The number of sulfone groups is 1. The van der Waals surface area contributed by atoms with E-state index < -0.39 is 15.9 Å². The maximum Gasteiger partial charge on any atom is 0.319 e. The molecule has 2 N–H and O–H groups in total. The van der Waals surface area contributed by atoms with E-state index in [0.29, 0.717) is 25.3 Å². The third-order valence-corrected chi connectivity index (χ3v) is 4.75. The molecule has 8 nitrogen and oxygen atoms in total. The molecule has 1 aromatic heterocycles. The van der Waals surface area contributed by atoms with Crippen molar-refractivity contribution in [3.63, 3.8) is 0 Å². The Balaban J connectivity index is 1.81. The summed E-state index contributed by atoms with van der Waals surface area (Å²) in [6.45, 7) is 1.13. The normalized spacial score (nSPS) is 20.8. The SMILES string of the molecule is COCCn1cc(NC(=O)NC2CCS(=O)(=O)C2)cn1. The Hall–Kier alpha value is -1.61. The minimum Gasteiger partial charge on any atom is -0.383 e. The standard InChI is InChI=1S/C11H18N4O4S/c1-19-4-3-15-7-10(6-12-15)14-11(16)13-9-2-5-20(17,18)8-9/h6-7,9H,2-5,8H2,1H3,(H2,13,14,16). The maximum absolute atomic E-state index is 11.7. The summed E-state index contributed by atoms with van der Waals surface area (Å²) in [5, 5.41) is 9.33. The van der Waals surface area contributed by atoms with Gasteiger partial charge in [0.25, 0.3) is 0 Å². The zero-order chi connectivity index (χ0) is 14.6. The first-order chi connectivity index (χ1) is 9.48. The number of anilines is 1. The summed E-state index contributed by atoms with van der Waals surface area (Å²) in [6, 6.07) is -0.734. The molecule has 1 aromatic rings. The topological polar surface area (TPSA) is 102 Å². The van der Waals surface area contributed by atoms with E-state index in [0.717, 1.165) is 0 Å². The highest BCUT2D eigenvalue weighted by Gasteiger charge is 2.28. The molecule has 2 rings (SSSR count). The lowest BCUT2D eigenvalue weighted by atomic mass is 10.3. The molecule has 1 atom stereocenters. The first kappa shape index (κ1) is 14.8. The smallest absolute Gasteiger partial charge is 0.319 e. The van der Waals surface area contributed by atoms with Crippen molar-refractivity contribution in [1.82, 2.24) is 15.1 Å². The molecule has 2 heterocycles. The highest BCUT2D eigenvalue weighted by Crippen LogP contribution is 2.11. The van der Waals surface area contributed by atoms with E-state index in [9.17, 15) is 13.2 Å². The van der Waals surface area contributed by atoms with Gasteiger partial charge in [0.05, 0.1) is 36.5 Å². The van der Waals surface area contributed by atoms with E-state index in [-0.39, 0.29) is 17.5 Å². The number of nitrogens with one attached hydrogen (secondary N) is 2. The second kappa shape index (κ2) is 6.23. The third kappa shape index (κ3) is 4.20. The summed E-state index contributed by atoms with van der Waals surface area (Å²) >= 11 is 0. The van der Waals surface area contributed by atoms with Gasteiger partial charge < -0.3 is 15.4 Å². The van der Waals surface area contributed by atoms with Crippen molar-refractivity contribution in [2.45, 2.75) is 19.0 Å². The van der Waals surface area contributed by atoms with Gasteiger partial charge >= 0.3 is 6.03 Å². The molecular formula is C11H18N4O4S. The minimum atomic E-state index is -2.99. The monoisotopic (exact) mass is 302 g/mol. The average molecular weight is 302 g/mol. The van der Waals surface area contributed by atoms with Gasteiger partial charge in [-0.25, -0.2) is 13.2 Å². The first-order valence-corrected chi connectivity index (χ1v) is 8.10. The lowest BCUT2D eigenvalue weighted by Crippen LogP contribution is -2.38. The number of hydrogen-bond acceptors (Lipinski definition) is 5. The molecule has 2 amide bonds. The molecule has 0 radical (unpaired) electrons. The molecule has 0 bridgehead atoms. The number of nitrogens with zero attached hydrogens (tertiary/aromatic N) is 2. The van der Waals surface area contributed by atoms with E-state index in [1.165, 1.54) is 6.20 Å². The zero-order valence-corrected chi connectivity index (χ0v) is 12.0. The van der Waals surface area contributed by atoms with Crippen LogP contribution < -0.4 is 10.6 Å². The van der Waals surface area contributed by atoms with Gasteiger partial charge in [0.2, 0.25) is 0 Å². The zero-order valence-electron chi connectivity index (χ0n) is 11.2. The van der Waals surface area contributed by atoms with Crippen LogP contribution in [0.15, 0.2) is 12.4 Å². The van der Waals surface area contributed by atoms with Gasteiger partial charge in [-0.2, -0.15) is 5.10 Å². The largest absolute Gasteiger partial charge is 0.383 e. The fourth-order valence-corrected chi connectivity index (χ4v) is 3.67. The lowest BCUT2D eigenvalue weighted by molar-refractivity contribution is 0.183. The molecule has 1 aliphatic heterocycles. The van der Waals surface area contributed by atoms with E-state index in [2.05, 4.69) is 15.7 Å². The van der Waals surface area contributed by atoms with Crippen LogP contribution in [0, 0.1) is 0 Å². The minimum absolute atomic E-state index is 0.00746. The number of amides is 2. The molecule has 1 fully saturated rings. The van der Waals surface area contributed by atoms with Gasteiger partial charge in [-0.3, -0.25) is 4.68 Å². The molecule has 1 unspecified atom stereocenters. The predicted octanol–water partition coefficient (Wildman–Crippen LogP) is -0.162. The van der Waals surface area contributed by atoms with Crippen molar-refractivity contribution in [2.75, 3.05) is 30.5 Å². The Bertz CT molecular complexity index is 569. The predicted molar refractivity (Wildman–Crippen MR) is 73.3 cm³/mol. The van der Waals surface area contributed by atoms with Crippen molar-refractivity contribution in [3.8, 4) is 0 Å². The Morgan fingerprint density at radius 1 is 1.60 bits per heavy atom. The summed E-state index contributed by atoms with van der Waals surface area (Å²) in [5.41, 5.74) is 0.555. The summed E-state index contributed by atoms with van der Waals surface area (Å²) < 4.78 is 29.2. The van der Waals surface area contributed by atoms with E-state index in [1.807, 2.05) is 0 Å². The molecule has 112 valence electrons. The quantitative estimate of drug-likeness (QED) is 0.786. The van der Waals surface area contributed by atoms with Gasteiger partial charge in [0.1, 0.15) is 0 Å². The molecule has 0 aliphatic carbocycles. The van der Waals surface area contributed by atoms with Crippen molar-refractivity contribution < 1.29 is 17.9 Å². The third-order valence-electron chi connectivity index (χ3n) is 2.98. The number of ether oxygens (including phenoxy) is 1. The van der Waals surface area contributed by atoms with Crippen LogP contribution in [-0.2, 0) is 21.1 Å². The second-order valence-electron chi connectivity index (χ2n) is 4.68. The van der Waals surface area contributed by atoms with Gasteiger partial charge in [-0.05, 0) is 6.42 Å². The van der Waals surface area contributed by atoms with Crippen LogP contribution in [-0.4, -0.2) is 55.5 Å². The van der Waals surface area contributed by atoms with E-state index in [4.69, 9.17) is 4.74 Å². The van der Waals surface area contributed by atoms with E-state index in [1.54, 1.807) is 18.0 Å². The highest BCUT2D eigenvalue weighted by molar-refractivity contribution is 7.91. The molecule has 1 saturated heterocycles. The van der Waals surface area contributed by atoms with Crippen LogP contribution in [0.5, 0.6) is 0 Å². The first-order valence-electron chi connectivity index (χ1n) is 6.28. The van der Waals surface area contributed by atoms with Crippen LogP contribution >= 0.6 is 0 Å². The fourth-order valence-electron chi connectivity index (χ4n) is 2.00. The van der Waals surface area contributed by atoms with Gasteiger partial charge in [0.15, 0.2) is 9.84 Å². The summed E-state index contributed by atoms with van der Waals surface area (Å²) in [6.07, 6.45) is 3.67. The number of methoxy groups -OCH3 is 1. The van der Waals surface area contributed by atoms with Gasteiger partial charge in [-0.1, -0.05) is 0 Å². The maximum atomic E-state index is 11.7. The van der Waals surface area contributed by atoms with Crippen molar-refractivity contribution in [1.29, 1.82) is 0 Å². The number of rotatable bonds is 5. The molecule has 0 spiro atoms. The number of aromatic nitrogens is 2. The Labute approximate surface area is 117 Å². The van der Waals surface area contributed by atoms with Crippen LogP contribution in [0.3, 0.4) is 0 Å². The van der Waals surface area contributed by atoms with Crippen molar-refractivity contribution in [3.05, 3.63) is 12.4 Å². The Kier molecular flexibility index (Phi) is 4.61. The van der Waals surface area contributed by atoms with Crippen molar-refractivity contribution >= 4 is 21.6 Å². The van der Waals surface area contributed by atoms with Gasteiger partial charge in [0, 0.05) is 19.3 Å². The number of carbonyl (C=O) groups excluding carboxylic acids is 1. The summed E-state index contributed by atoms with van der Waals surface area (Å²) in [5.74, 6) is 0.139. The molecule has 0 aromatic carbocycles. The number of hydrogen-bond donors (Lipinski definition) is 2. The van der Waals surface area contributed by atoms with Crippen LogP contribution in [0.25, 0.3) is 0 Å². The van der Waals surface area contributed by atoms with Gasteiger partial charge in [-0.15, -0.1) is 0 Å². The second-order valence-corrected chi connectivity index (χ2v) is 6.91. The molecule has 0 saturated carbocycles. The molecule has 1 aliphatic rings. The average Bonchev–Trinajstić information content (AvgIpc) is 2.93. The molecule has 9 heteroatoms. The lowest BCUT2D eigenvalue weighted by Gasteiger charge is -2.10. The molecule has 20 heavy (non-hydrogen) atoms. The number of urea groups is 1. The van der Waals surface area contributed by atoms with Crippen molar-refractivity contribution in [2.24, 2.45) is 0 Å². The Morgan fingerprint density at radius 2 is 2.40 bits per heavy atom. The summed E-state index contributed by atoms with van der Waals surface area (Å²) in [4.78, 5) is 11.7. The van der Waals surface area contributed by atoms with Crippen LogP contribution in [0.4, 0.5) is 10.5 Å². The van der Waals surface area contributed by atoms with Crippen LogP contribution in [0.1, 0.15) is 6.42 Å². The highest BCUT2D eigenvalue weighted by atomic mass is 32.2. The number of carbonyl (C=O) groups is 1. The fraction of sp³-hybridized carbons (Fsp3) is 0.636.